The van der Waals surface area contributed by atoms with Crippen molar-refractivity contribution in [3.63, 3.8) is 0 Å². The summed E-state index contributed by atoms with van der Waals surface area (Å²) >= 11 is -4.31. The fourth-order valence-corrected chi connectivity index (χ4v) is 0.214. The van der Waals surface area contributed by atoms with Crippen LogP contribution in [0, 0.1) is 0 Å². The Hall–Kier alpha value is 0.182. The van der Waals surface area contributed by atoms with Crippen LogP contribution in [0.2, 0.25) is 0 Å². The molecule has 0 aromatic rings. The average molecular weight is 243 g/mol. The second kappa shape index (κ2) is 6.87. The molecule has 0 aliphatic carbocycles. The fraction of sp³-hybridized carbons (Fsp3) is 0.750. The van der Waals surface area contributed by atoms with Crippen molar-refractivity contribution in [3.05, 3.63) is 0 Å². The average Bonchev–Trinajstić information content (AvgIpc) is 1.58. The molecule has 0 saturated heterocycles. The number of rotatable bonds is 2. The number of carbonyl (C=O) groups is 1. The fourth-order valence-electron chi connectivity index (χ4n) is 0.214. The maximum absolute atomic E-state index is 9.60. The van der Waals surface area contributed by atoms with Gasteiger partial charge in [-0.25, -0.2) is 0 Å². The van der Waals surface area contributed by atoms with Crippen molar-refractivity contribution in [1.29, 1.82) is 0 Å². The third-order valence-corrected chi connectivity index (χ3v) is 0.464. The van der Waals surface area contributed by atoms with Crippen molar-refractivity contribution in [2.24, 2.45) is 0 Å². The van der Waals surface area contributed by atoms with Gasteiger partial charge in [-0.15, -0.1) is 0 Å². The summed E-state index contributed by atoms with van der Waals surface area (Å²) in [6.45, 7) is 1.84. The van der Waals surface area contributed by atoms with E-state index in [0.29, 0.717) is 6.42 Å². The molecule has 0 atom stereocenters. The van der Waals surface area contributed by atoms with Gasteiger partial charge in [0.25, 0.3) is 0 Å². The van der Waals surface area contributed by atoms with Crippen LogP contribution in [-0.2, 0) is 23.5 Å². The first-order valence-electron chi connectivity index (χ1n) is 2.63. The van der Waals surface area contributed by atoms with E-state index in [1.165, 1.54) is 0 Å². The molecular formula is C4H8Cl2CrO4. The molecule has 0 aliphatic rings. The molecule has 7 heteroatoms. The SMILES string of the molecule is CCCC(=O)O.[O]=[Cr](=[O])([Cl])[Cl]. The van der Waals surface area contributed by atoms with Gasteiger partial charge in [0, 0.05) is 6.42 Å². The summed E-state index contributed by atoms with van der Waals surface area (Å²) in [7, 11) is 8.68. The van der Waals surface area contributed by atoms with E-state index in [-0.39, 0.29) is 0 Å². The second-order valence-electron chi connectivity index (χ2n) is 1.52. The summed E-state index contributed by atoms with van der Waals surface area (Å²) in [6.07, 6.45) is 1.02. The minimum atomic E-state index is -4.31. The van der Waals surface area contributed by atoms with E-state index >= 15 is 0 Å². The van der Waals surface area contributed by atoms with Crippen LogP contribution in [0.1, 0.15) is 19.8 Å². The van der Waals surface area contributed by atoms with Crippen LogP contribution >= 0.6 is 20.1 Å². The Morgan fingerprint density at radius 2 is 1.73 bits per heavy atom. The Kier molecular flexibility index (Phi) is 8.58. The molecule has 0 bridgehead atoms. The molecule has 0 aliphatic heterocycles. The third-order valence-electron chi connectivity index (χ3n) is 0.464. The first-order chi connectivity index (χ1) is 4.77. The van der Waals surface area contributed by atoms with Crippen LogP contribution in [-0.4, -0.2) is 11.1 Å². The summed E-state index contributed by atoms with van der Waals surface area (Å²) in [5.74, 6) is -0.711. The van der Waals surface area contributed by atoms with Crippen molar-refractivity contribution >= 4 is 26.1 Å². The monoisotopic (exact) mass is 242 g/mol. The molecule has 0 aromatic heterocycles. The topological polar surface area (TPSA) is 71.4 Å². The van der Waals surface area contributed by atoms with Gasteiger partial charge in [0.05, 0.1) is 0 Å². The molecule has 0 heterocycles. The van der Waals surface area contributed by atoms with Gasteiger partial charge in [0.15, 0.2) is 0 Å². The number of hydrogen-bond acceptors (Lipinski definition) is 3. The number of carboxylic acid groups (broad SMARTS) is 1. The van der Waals surface area contributed by atoms with E-state index in [1.807, 2.05) is 6.92 Å². The van der Waals surface area contributed by atoms with Crippen LogP contribution < -0.4 is 0 Å². The number of aliphatic carboxylic acids is 1. The molecule has 0 unspecified atom stereocenters. The molecule has 11 heavy (non-hydrogen) atoms. The maximum atomic E-state index is 9.60. The first kappa shape index (κ1) is 13.8. The van der Waals surface area contributed by atoms with Gasteiger partial charge < -0.3 is 5.11 Å². The van der Waals surface area contributed by atoms with Gasteiger partial charge in [0.2, 0.25) is 0 Å². The zero-order valence-electron chi connectivity index (χ0n) is 5.75. The Bertz CT molecular complexity index is 190. The Morgan fingerprint density at radius 3 is 1.73 bits per heavy atom. The first-order valence-corrected chi connectivity index (χ1v) is 7.18. The summed E-state index contributed by atoms with van der Waals surface area (Å²) < 4.78 is 18.5. The molecule has 1 N–H and O–H groups in total. The zero-order chi connectivity index (χ0) is 9.49. The Balaban J connectivity index is 0. The van der Waals surface area contributed by atoms with Gasteiger partial charge in [-0.3, -0.25) is 4.79 Å². The predicted molar refractivity (Wildman–Crippen MR) is 35.6 cm³/mol. The summed E-state index contributed by atoms with van der Waals surface area (Å²) in [5, 5.41) is 7.91. The van der Waals surface area contributed by atoms with Crippen molar-refractivity contribution in [2.45, 2.75) is 19.8 Å². The van der Waals surface area contributed by atoms with E-state index in [9.17, 15) is 12.4 Å². The Labute approximate surface area is 74.6 Å². The standard InChI is InChI=1S/C4H8O2.2ClH.Cr.2O/c1-2-3-4(5)6;;;;;/h2-3H2,1H3,(H,5,6);2*1H;;;/q;;;+2;;/p-2. The molecule has 0 spiro atoms. The van der Waals surface area contributed by atoms with E-state index in [1.54, 1.807) is 0 Å². The quantitative estimate of drug-likeness (QED) is 0.805. The number of hydrogen-bond donors (Lipinski definition) is 1. The van der Waals surface area contributed by atoms with Crippen molar-refractivity contribution in [3.8, 4) is 0 Å². The van der Waals surface area contributed by atoms with Crippen LogP contribution in [0.3, 0.4) is 0 Å². The molecule has 4 nitrogen and oxygen atoms in total. The van der Waals surface area contributed by atoms with Crippen molar-refractivity contribution in [1.82, 2.24) is 0 Å². The van der Waals surface area contributed by atoms with E-state index in [0.717, 1.165) is 6.42 Å². The number of carboxylic acids is 1. The number of halogens is 2. The second-order valence-corrected chi connectivity index (χ2v) is 6.71. The van der Waals surface area contributed by atoms with Gasteiger partial charge in [0.1, 0.15) is 0 Å². The van der Waals surface area contributed by atoms with Crippen LogP contribution in [0.25, 0.3) is 0 Å². The van der Waals surface area contributed by atoms with Gasteiger partial charge >= 0.3 is 44.8 Å². The van der Waals surface area contributed by atoms with Crippen LogP contribution in [0.15, 0.2) is 0 Å². The van der Waals surface area contributed by atoms with Gasteiger partial charge in [-0.1, -0.05) is 6.92 Å². The molecule has 0 saturated carbocycles. The summed E-state index contributed by atoms with van der Waals surface area (Å²) in [5.41, 5.74) is 0. The molecule has 0 amide bonds. The predicted octanol–water partition coefficient (Wildman–Crippen LogP) is 2.01. The van der Waals surface area contributed by atoms with Gasteiger partial charge in [-0.05, 0) is 6.42 Å². The van der Waals surface area contributed by atoms with Crippen LogP contribution in [0.5, 0.6) is 0 Å². The van der Waals surface area contributed by atoms with Gasteiger partial charge in [-0.2, -0.15) is 0 Å². The van der Waals surface area contributed by atoms with E-state index < -0.39 is 17.1 Å². The van der Waals surface area contributed by atoms with Crippen LogP contribution in [0.4, 0.5) is 0 Å². The molecule has 0 rings (SSSR count). The van der Waals surface area contributed by atoms with E-state index in [2.05, 4.69) is 20.1 Å². The molecule has 0 fully saturated rings. The normalized spacial score (nSPS) is 9.73. The van der Waals surface area contributed by atoms with E-state index in [4.69, 9.17) is 5.11 Å². The Morgan fingerprint density at radius 1 is 1.45 bits per heavy atom. The summed E-state index contributed by atoms with van der Waals surface area (Å²) in [4.78, 5) is 9.60. The van der Waals surface area contributed by atoms with Crippen molar-refractivity contribution < 1.29 is 28.6 Å². The third kappa shape index (κ3) is 67.3. The summed E-state index contributed by atoms with van der Waals surface area (Å²) in [6, 6.07) is 0. The van der Waals surface area contributed by atoms with Crippen molar-refractivity contribution in [2.75, 3.05) is 0 Å². The molecular weight excluding hydrogens is 235 g/mol. The molecule has 68 valence electrons. The minimum absolute atomic E-state index is 0.292. The zero-order valence-corrected chi connectivity index (χ0v) is 8.54. The molecule has 0 aromatic carbocycles. The molecule has 0 radical (unpaired) electrons.